The van der Waals surface area contributed by atoms with Crippen LogP contribution in [0.2, 0.25) is 0 Å². The minimum absolute atomic E-state index is 0.0113. The van der Waals surface area contributed by atoms with Crippen molar-refractivity contribution in [1.82, 2.24) is 19.0 Å². The third-order valence-electron chi connectivity index (χ3n) is 19.7. The first kappa shape index (κ1) is 71.6. The van der Waals surface area contributed by atoms with Crippen LogP contribution < -0.4 is 0 Å². The standard InChI is InChI=1S/C29H24N2O2.C27H22N2O.C25H18N2O.C13H18N2O2/c1-18-15-27(20(3)32)19(2)31(18)30-17-23-11-8-14-26(29(23)33)28-24-12-6-4-9-21(24)16-22-10-5-7-13-25(22)28;1-18-14-15-19(2)29(18)28-17-22-10-7-13-25(27(22)30)26-23-11-5-3-8-20(23)16-21-9-4-6-12-24(21)26;28-25-20(17-26-27-14-5-6-15-27)10-7-13-23(25)24-21-11-3-1-8-18(21)16-19-9-2-4-12-22(19)24;1-10-7-11(2)13(16)12(8-10)9-14-15-3-5-17-6-4-15/h4-17,33H,1-3H3;3-17,30H,1-2H3;1-17,28H;7-9,16H,3-6H2,1-2H3/b30-17+;28-17+;26-17+;14-9+. The van der Waals surface area contributed by atoms with E-state index >= 15 is 0 Å². The second kappa shape index (κ2) is 31.9. The molecule has 1 aliphatic heterocycles. The fourth-order valence-electron chi connectivity index (χ4n) is 14.3. The van der Waals surface area contributed by atoms with Crippen molar-refractivity contribution in [3.63, 3.8) is 0 Å². The lowest BCUT2D eigenvalue weighted by atomic mass is 9.91. The molecule has 4 N–H and O–H groups in total. The highest BCUT2D eigenvalue weighted by Gasteiger charge is 2.20. The van der Waals surface area contributed by atoms with Crippen LogP contribution in [0, 0.1) is 41.5 Å². The van der Waals surface area contributed by atoms with Crippen molar-refractivity contribution in [3.05, 3.63) is 335 Å². The number of aryl methyl sites for hydroxylation is 5. The predicted molar refractivity (Wildman–Crippen MR) is 444 cm³/mol. The molecule has 0 atom stereocenters. The maximum atomic E-state index is 11.9. The average Bonchev–Trinajstić information content (AvgIpc) is 1.11. The van der Waals surface area contributed by atoms with E-state index in [1.807, 2.05) is 233 Å². The van der Waals surface area contributed by atoms with E-state index in [-0.39, 0.29) is 23.0 Å². The second-order valence-corrected chi connectivity index (χ2v) is 27.0. The highest BCUT2D eigenvalue weighted by Crippen LogP contribution is 2.45. The molecule has 17 rings (SSSR count). The zero-order valence-corrected chi connectivity index (χ0v) is 61.3. The van der Waals surface area contributed by atoms with Gasteiger partial charge in [-0.1, -0.05) is 188 Å². The number of phenolic OH excluding ortho intramolecular Hbond substituents is 4. The van der Waals surface area contributed by atoms with E-state index in [1.165, 1.54) is 0 Å². The molecule has 108 heavy (non-hydrogen) atoms. The topological polar surface area (TPSA) is 175 Å². The summed E-state index contributed by atoms with van der Waals surface area (Å²) in [6.45, 7) is 16.3. The summed E-state index contributed by atoms with van der Waals surface area (Å²) in [4.78, 5) is 11.9. The Morgan fingerprint density at radius 1 is 0.361 bits per heavy atom. The van der Waals surface area contributed by atoms with Gasteiger partial charge in [-0.15, -0.1) is 0 Å². The minimum Gasteiger partial charge on any atom is -0.507 e. The number of hydrogen-bond acceptors (Lipinski definition) is 11. The van der Waals surface area contributed by atoms with Gasteiger partial charge in [0.15, 0.2) is 5.78 Å². The number of aromatic hydroxyl groups is 4. The Bertz CT molecular complexity index is 5990. The maximum Gasteiger partial charge on any atom is 0.161 e. The lowest BCUT2D eigenvalue weighted by Crippen LogP contribution is -2.32. The molecule has 4 heterocycles. The number of hydrazone groups is 1. The molecule has 534 valence electrons. The Balaban J connectivity index is 0.000000123. The van der Waals surface area contributed by atoms with Crippen molar-refractivity contribution in [3.8, 4) is 56.4 Å². The first-order valence-electron chi connectivity index (χ1n) is 36.0. The van der Waals surface area contributed by atoms with Crippen molar-refractivity contribution in [2.75, 3.05) is 26.3 Å². The lowest BCUT2D eigenvalue weighted by Gasteiger charge is -2.23. The summed E-state index contributed by atoms with van der Waals surface area (Å²) in [5, 5.41) is 77.0. The number of Topliss-reactive ketones (excluding diaryl/α,β-unsaturated/α-hetero) is 1. The van der Waals surface area contributed by atoms with Crippen molar-refractivity contribution >= 4 is 95.3 Å². The number of carbonyl (C=O) groups excluding carboxylic acids is 1. The minimum atomic E-state index is 0.0113. The fourth-order valence-corrected chi connectivity index (χ4v) is 14.3. The van der Waals surface area contributed by atoms with Gasteiger partial charge in [-0.2, -0.15) is 20.4 Å². The molecule has 16 aromatic rings. The zero-order valence-electron chi connectivity index (χ0n) is 61.3. The van der Waals surface area contributed by atoms with Gasteiger partial charge in [0, 0.05) is 96.4 Å². The normalized spacial score (nSPS) is 12.4. The number of hydrogen-bond donors (Lipinski definition) is 4. The van der Waals surface area contributed by atoms with E-state index in [1.54, 1.807) is 41.1 Å². The van der Waals surface area contributed by atoms with E-state index in [9.17, 15) is 25.2 Å². The SMILES string of the molecule is CC(=O)c1cc(C)n(/N=C/c2cccc(-c3c4ccccc4cc4ccccc34)c2O)c1C.Cc1cc(C)c(O)c(/C=N/N2CCOCC2)c1.Cc1ccc(C)n1/N=C/c1cccc(-c2c3ccccc3cc3ccccc23)c1O.Oc1c(/C=N/n2cccc2)cccc1-c1c2ccccc2cc2ccccc12. The van der Waals surface area contributed by atoms with E-state index < -0.39 is 0 Å². The Kier molecular flexibility index (Phi) is 21.1. The van der Waals surface area contributed by atoms with Gasteiger partial charge in [-0.3, -0.25) is 9.80 Å². The molecule has 0 aliphatic carbocycles. The van der Waals surface area contributed by atoms with Crippen LogP contribution in [0.15, 0.2) is 294 Å². The van der Waals surface area contributed by atoms with Gasteiger partial charge in [-0.05, 0) is 197 Å². The second-order valence-electron chi connectivity index (χ2n) is 27.0. The van der Waals surface area contributed by atoms with Crippen molar-refractivity contribution in [2.45, 2.75) is 48.5 Å². The number of phenols is 4. The van der Waals surface area contributed by atoms with Crippen LogP contribution in [0.5, 0.6) is 23.0 Å². The molecule has 1 aliphatic rings. The third-order valence-corrected chi connectivity index (χ3v) is 19.7. The molecular weight excluding hydrogens is 1340 g/mol. The summed E-state index contributed by atoms with van der Waals surface area (Å²) in [6.07, 6.45) is 10.5. The van der Waals surface area contributed by atoms with Crippen LogP contribution in [0.25, 0.3) is 98.0 Å². The molecule has 0 radical (unpaired) electrons. The molecule has 0 saturated carbocycles. The number of ketones is 1. The van der Waals surface area contributed by atoms with Crippen LogP contribution in [-0.2, 0) is 4.74 Å². The number of para-hydroxylation sites is 3. The summed E-state index contributed by atoms with van der Waals surface area (Å²) in [5.41, 5.74) is 14.7. The van der Waals surface area contributed by atoms with Gasteiger partial charge in [0.1, 0.15) is 23.0 Å². The average molecular weight is 1420 g/mol. The van der Waals surface area contributed by atoms with Crippen LogP contribution in [-0.4, -0.2) is 96.4 Å². The smallest absolute Gasteiger partial charge is 0.161 e. The van der Waals surface area contributed by atoms with Gasteiger partial charge in [0.05, 0.1) is 51.2 Å². The molecule has 14 nitrogen and oxygen atoms in total. The summed E-state index contributed by atoms with van der Waals surface area (Å²) < 4.78 is 10.6. The number of ether oxygens (including phenoxy) is 1. The number of morpholine rings is 1. The van der Waals surface area contributed by atoms with Crippen LogP contribution in [0.1, 0.15) is 73.4 Å². The predicted octanol–water partition coefficient (Wildman–Crippen LogP) is 21.3. The molecule has 0 spiro atoms. The summed E-state index contributed by atoms with van der Waals surface area (Å²) in [6, 6.07) is 87.3. The Labute approximate surface area is 627 Å². The van der Waals surface area contributed by atoms with Crippen LogP contribution in [0.4, 0.5) is 0 Å². The third kappa shape index (κ3) is 15.1. The Morgan fingerprint density at radius 2 is 0.722 bits per heavy atom. The van der Waals surface area contributed by atoms with Crippen LogP contribution in [0.3, 0.4) is 0 Å². The van der Waals surface area contributed by atoms with Crippen molar-refractivity contribution in [2.24, 2.45) is 20.4 Å². The van der Waals surface area contributed by atoms with Gasteiger partial charge >= 0.3 is 0 Å². The number of benzene rings is 13. The highest BCUT2D eigenvalue weighted by atomic mass is 16.5. The first-order chi connectivity index (χ1) is 52.6. The molecule has 1 saturated heterocycles. The largest absolute Gasteiger partial charge is 0.507 e. The lowest BCUT2D eigenvalue weighted by molar-refractivity contribution is 0.0397. The molecule has 1 fully saturated rings. The summed E-state index contributed by atoms with van der Waals surface area (Å²) >= 11 is 0. The molecule has 3 aromatic heterocycles. The molecule has 14 heteroatoms. The van der Waals surface area contributed by atoms with Crippen molar-refractivity contribution in [1.29, 1.82) is 0 Å². The number of carbonyl (C=O) groups is 1. The Morgan fingerprint density at radius 3 is 1.10 bits per heavy atom. The highest BCUT2D eigenvalue weighted by molar-refractivity contribution is 6.17. The van der Waals surface area contributed by atoms with E-state index in [0.717, 1.165) is 164 Å². The number of rotatable bonds is 12. The zero-order chi connectivity index (χ0) is 75.0. The molecule has 0 bridgehead atoms. The van der Waals surface area contributed by atoms with E-state index in [2.05, 4.69) is 111 Å². The number of fused-ring (bicyclic) bond motifs is 6. The first-order valence-corrected chi connectivity index (χ1v) is 36.0. The van der Waals surface area contributed by atoms with Gasteiger partial charge < -0.3 is 25.2 Å². The molecule has 0 amide bonds. The maximum absolute atomic E-state index is 11.9. The van der Waals surface area contributed by atoms with Gasteiger partial charge in [0.2, 0.25) is 0 Å². The molecular formula is C94H82N8O6. The molecule has 13 aromatic carbocycles. The molecule has 0 unspecified atom stereocenters. The number of aromatic nitrogens is 3. The number of nitrogens with zero attached hydrogens (tertiary/aromatic N) is 8. The van der Waals surface area contributed by atoms with E-state index in [0.29, 0.717) is 28.0 Å². The quantitative estimate of drug-likeness (QED) is 0.0535. The summed E-state index contributed by atoms with van der Waals surface area (Å²) in [7, 11) is 0. The monoisotopic (exact) mass is 1420 g/mol. The van der Waals surface area contributed by atoms with Gasteiger partial charge in [-0.25, -0.2) is 14.0 Å². The van der Waals surface area contributed by atoms with E-state index in [4.69, 9.17) is 4.74 Å². The Hall–Kier alpha value is -13.4. The van der Waals surface area contributed by atoms with Crippen LogP contribution >= 0.6 is 0 Å². The van der Waals surface area contributed by atoms with Gasteiger partial charge in [0.25, 0.3) is 0 Å². The summed E-state index contributed by atoms with van der Waals surface area (Å²) in [5.74, 6) is 0.979. The fraction of sp³-hybridized carbons (Fsp3) is 0.117. The van der Waals surface area contributed by atoms with Crippen molar-refractivity contribution < 1.29 is 30.0 Å².